The summed E-state index contributed by atoms with van der Waals surface area (Å²) >= 11 is 0. The smallest absolute Gasteiger partial charge is 0.164 e. The van der Waals surface area contributed by atoms with E-state index in [2.05, 4.69) is 15.6 Å². The van der Waals surface area contributed by atoms with Crippen molar-refractivity contribution < 1.29 is 0 Å². The lowest BCUT2D eigenvalue weighted by Crippen LogP contribution is -2.10. The number of aromatic nitrogens is 2. The van der Waals surface area contributed by atoms with Gasteiger partial charge in [-0.3, -0.25) is 0 Å². The lowest BCUT2D eigenvalue weighted by Gasteiger charge is -1.99. The van der Waals surface area contributed by atoms with Crippen LogP contribution in [0, 0.1) is 6.92 Å². The zero-order valence-electron chi connectivity index (χ0n) is 5.63. The molecule has 0 saturated heterocycles. The van der Waals surface area contributed by atoms with Crippen LogP contribution in [0.3, 0.4) is 0 Å². The summed E-state index contributed by atoms with van der Waals surface area (Å²) in [4.78, 5) is 0. The van der Waals surface area contributed by atoms with Gasteiger partial charge >= 0.3 is 0 Å². The van der Waals surface area contributed by atoms with Crippen LogP contribution < -0.4 is 17.0 Å². The van der Waals surface area contributed by atoms with Crippen molar-refractivity contribution in [1.29, 1.82) is 0 Å². The second-order valence-electron chi connectivity index (χ2n) is 1.91. The molecule has 0 atom stereocenters. The van der Waals surface area contributed by atoms with Gasteiger partial charge in [-0.25, -0.2) is 5.84 Å². The summed E-state index contributed by atoms with van der Waals surface area (Å²) in [5.41, 5.74) is 9.13. The molecule has 1 aromatic heterocycles. The molecule has 0 unspecified atom stereocenters. The molecule has 0 saturated carbocycles. The zero-order chi connectivity index (χ0) is 7.56. The van der Waals surface area contributed by atoms with Crippen LogP contribution in [0.15, 0.2) is 6.07 Å². The average molecular weight is 139 g/mol. The molecule has 0 aliphatic heterocycles. The summed E-state index contributed by atoms with van der Waals surface area (Å²) in [5, 5.41) is 7.42. The number of hydrogen-bond donors (Lipinski definition) is 3. The molecular formula is C5H9N5. The maximum Gasteiger partial charge on any atom is 0.164 e. The van der Waals surface area contributed by atoms with Crippen LogP contribution in [0.4, 0.5) is 11.5 Å². The van der Waals surface area contributed by atoms with E-state index in [0.29, 0.717) is 17.2 Å². The highest BCUT2D eigenvalue weighted by molar-refractivity contribution is 5.49. The highest BCUT2D eigenvalue weighted by atomic mass is 15.3. The Hall–Kier alpha value is -1.36. The number of nitrogens with one attached hydrogen (secondary N) is 1. The van der Waals surface area contributed by atoms with Crippen molar-refractivity contribution in [2.45, 2.75) is 6.92 Å². The number of hydrazine groups is 1. The van der Waals surface area contributed by atoms with Crippen molar-refractivity contribution in [1.82, 2.24) is 10.2 Å². The van der Waals surface area contributed by atoms with Crippen molar-refractivity contribution >= 4 is 11.5 Å². The molecule has 0 fully saturated rings. The van der Waals surface area contributed by atoms with Crippen LogP contribution in [0.25, 0.3) is 0 Å². The normalized spacial score (nSPS) is 9.40. The van der Waals surface area contributed by atoms with Gasteiger partial charge in [0.15, 0.2) is 5.82 Å². The molecule has 0 bridgehead atoms. The second-order valence-corrected chi connectivity index (χ2v) is 1.91. The molecule has 0 spiro atoms. The lowest BCUT2D eigenvalue weighted by atomic mass is 10.3. The van der Waals surface area contributed by atoms with E-state index in [0.717, 1.165) is 0 Å². The summed E-state index contributed by atoms with van der Waals surface area (Å²) < 4.78 is 0. The topological polar surface area (TPSA) is 89.8 Å². The van der Waals surface area contributed by atoms with E-state index in [-0.39, 0.29) is 0 Å². The fraction of sp³-hybridized carbons (Fsp3) is 0.200. The molecule has 5 N–H and O–H groups in total. The Bertz CT molecular complexity index is 233. The van der Waals surface area contributed by atoms with Gasteiger partial charge in [0.05, 0.1) is 11.4 Å². The lowest BCUT2D eigenvalue weighted by molar-refractivity contribution is 0.979. The largest absolute Gasteiger partial charge is 0.397 e. The van der Waals surface area contributed by atoms with Gasteiger partial charge in [-0.2, -0.15) is 5.10 Å². The van der Waals surface area contributed by atoms with E-state index in [9.17, 15) is 0 Å². The molecule has 5 nitrogen and oxygen atoms in total. The molecule has 0 aliphatic carbocycles. The van der Waals surface area contributed by atoms with E-state index in [1.807, 2.05) is 0 Å². The van der Waals surface area contributed by atoms with Crippen molar-refractivity contribution in [3.8, 4) is 0 Å². The Balaban J connectivity index is 3.04. The highest BCUT2D eigenvalue weighted by Gasteiger charge is 1.96. The van der Waals surface area contributed by atoms with Crippen LogP contribution in [-0.4, -0.2) is 10.2 Å². The van der Waals surface area contributed by atoms with Gasteiger partial charge in [0.25, 0.3) is 0 Å². The van der Waals surface area contributed by atoms with Crippen molar-refractivity contribution in [3.05, 3.63) is 11.8 Å². The fourth-order valence-corrected chi connectivity index (χ4v) is 0.538. The van der Waals surface area contributed by atoms with E-state index in [4.69, 9.17) is 11.6 Å². The van der Waals surface area contributed by atoms with Crippen LogP contribution in [0.5, 0.6) is 0 Å². The first kappa shape index (κ1) is 6.76. The number of aryl methyl sites for hydroxylation is 1. The molecule has 0 aliphatic rings. The van der Waals surface area contributed by atoms with E-state index in [1.54, 1.807) is 13.0 Å². The standard InChI is InChI=1S/C5H9N5/c1-3-4(6)2-5(8-7)10-9-3/h2H,7H2,1H3,(H3,6,8,10). The Kier molecular flexibility index (Phi) is 1.68. The zero-order valence-corrected chi connectivity index (χ0v) is 5.63. The first-order valence-electron chi connectivity index (χ1n) is 2.80. The first-order valence-corrected chi connectivity index (χ1v) is 2.80. The molecule has 0 aromatic carbocycles. The molecule has 1 rings (SSSR count). The SMILES string of the molecule is Cc1nnc(NN)cc1N. The molecule has 54 valence electrons. The van der Waals surface area contributed by atoms with E-state index in [1.165, 1.54) is 0 Å². The number of nitrogen functional groups attached to an aromatic ring is 2. The van der Waals surface area contributed by atoms with Gasteiger partial charge in [0.1, 0.15) is 0 Å². The Morgan fingerprint density at radius 2 is 2.20 bits per heavy atom. The Labute approximate surface area is 58.4 Å². The van der Waals surface area contributed by atoms with Crippen molar-refractivity contribution in [2.75, 3.05) is 11.2 Å². The molecule has 5 heteroatoms. The molecule has 1 heterocycles. The predicted octanol–water partition coefficient (Wildman–Crippen LogP) is -0.347. The van der Waals surface area contributed by atoms with Crippen molar-refractivity contribution in [2.24, 2.45) is 5.84 Å². The highest BCUT2D eigenvalue weighted by Crippen LogP contribution is 2.08. The predicted molar refractivity (Wildman–Crippen MR) is 39.0 cm³/mol. The summed E-state index contributed by atoms with van der Waals surface area (Å²) in [6, 6.07) is 1.63. The van der Waals surface area contributed by atoms with Gasteiger partial charge in [-0.1, -0.05) is 0 Å². The third-order valence-corrected chi connectivity index (χ3v) is 1.17. The molecule has 10 heavy (non-hydrogen) atoms. The average Bonchev–Trinajstić information content (AvgIpc) is 1.95. The molecule has 1 aromatic rings. The van der Waals surface area contributed by atoms with Gasteiger partial charge < -0.3 is 11.2 Å². The maximum absolute atomic E-state index is 5.50. The number of hydrogen-bond acceptors (Lipinski definition) is 5. The Morgan fingerprint density at radius 1 is 1.50 bits per heavy atom. The van der Waals surface area contributed by atoms with E-state index < -0.39 is 0 Å². The quantitative estimate of drug-likeness (QED) is 0.365. The van der Waals surface area contributed by atoms with Crippen molar-refractivity contribution in [3.63, 3.8) is 0 Å². The first-order chi connectivity index (χ1) is 4.74. The third-order valence-electron chi connectivity index (χ3n) is 1.17. The molecule has 0 amide bonds. The van der Waals surface area contributed by atoms with Crippen LogP contribution in [-0.2, 0) is 0 Å². The van der Waals surface area contributed by atoms with Crippen LogP contribution in [0.1, 0.15) is 5.69 Å². The third kappa shape index (κ3) is 1.14. The van der Waals surface area contributed by atoms with E-state index >= 15 is 0 Å². The minimum Gasteiger partial charge on any atom is -0.397 e. The molecular weight excluding hydrogens is 130 g/mol. The Morgan fingerprint density at radius 3 is 2.70 bits per heavy atom. The second kappa shape index (κ2) is 2.49. The summed E-state index contributed by atoms with van der Waals surface area (Å²) in [7, 11) is 0. The maximum atomic E-state index is 5.50. The summed E-state index contributed by atoms with van der Waals surface area (Å²) in [5.74, 6) is 5.54. The summed E-state index contributed by atoms with van der Waals surface area (Å²) in [6.45, 7) is 1.78. The summed E-state index contributed by atoms with van der Waals surface area (Å²) in [6.07, 6.45) is 0. The van der Waals surface area contributed by atoms with Gasteiger partial charge in [0, 0.05) is 6.07 Å². The monoisotopic (exact) mass is 139 g/mol. The number of nitrogens with zero attached hydrogens (tertiary/aromatic N) is 2. The number of rotatable bonds is 1. The van der Waals surface area contributed by atoms with Crippen LogP contribution in [0.2, 0.25) is 0 Å². The van der Waals surface area contributed by atoms with Gasteiger partial charge in [0.2, 0.25) is 0 Å². The minimum absolute atomic E-state index is 0.475. The fourth-order valence-electron chi connectivity index (χ4n) is 0.538. The minimum atomic E-state index is 0.475. The number of nitrogens with two attached hydrogens (primary N) is 2. The van der Waals surface area contributed by atoms with Gasteiger partial charge in [-0.15, -0.1) is 5.10 Å². The van der Waals surface area contributed by atoms with Gasteiger partial charge in [-0.05, 0) is 6.92 Å². The van der Waals surface area contributed by atoms with Crippen LogP contribution >= 0.6 is 0 Å². The number of anilines is 2. The molecule has 0 radical (unpaired) electrons.